The highest BCUT2D eigenvalue weighted by atomic mass is 19.1. The highest BCUT2D eigenvalue weighted by Gasteiger charge is 2.18. The van der Waals surface area contributed by atoms with Gasteiger partial charge in [-0.3, -0.25) is 0 Å². The molecule has 0 atom stereocenters. The van der Waals surface area contributed by atoms with Crippen LogP contribution in [0, 0.1) is 5.82 Å². The topological polar surface area (TPSA) is 39.7 Å². The van der Waals surface area contributed by atoms with Gasteiger partial charge in [0.2, 0.25) is 5.75 Å². The summed E-state index contributed by atoms with van der Waals surface area (Å²) in [5.41, 5.74) is 1.93. The SMILES string of the molecule is COc1cc(CNCc2cccc(F)c2)cc2c1OCCO2. The number of nitrogens with one attached hydrogen (secondary N) is 1. The van der Waals surface area contributed by atoms with Crippen molar-refractivity contribution < 1.29 is 18.6 Å². The Kier molecular flexibility index (Phi) is 4.44. The molecule has 0 aromatic heterocycles. The van der Waals surface area contributed by atoms with E-state index in [1.54, 1.807) is 13.2 Å². The molecule has 22 heavy (non-hydrogen) atoms. The number of ether oxygens (including phenoxy) is 3. The van der Waals surface area contributed by atoms with Crippen LogP contribution < -0.4 is 19.5 Å². The quantitative estimate of drug-likeness (QED) is 0.922. The minimum absolute atomic E-state index is 0.222. The summed E-state index contributed by atoms with van der Waals surface area (Å²) in [5, 5.41) is 3.28. The highest BCUT2D eigenvalue weighted by Crippen LogP contribution is 2.40. The van der Waals surface area contributed by atoms with Gasteiger partial charge in [0.15, 0.2) is 11.5 Å². The molecule has 0 spiro atoms. The number of hydrogen-bond donors (Lipinski definition) is 1. The summed E-state index contributed by atoms with van der Waals surface area (Å²) < 4.78 is 29.7. The number of halogens is 1. The molecule has 0 radical (unpaired) electrons. The fourth-order valence-corrected chi connectivity index (χ4v) is 2.43. The molecule has 4 nitrogen and oxygen atoms in total. The van der Waals surface area contributed by atoms with Gasteiger partial charge in [0.25, 0.3) is 0 Å². The molecular formula is C17H18FNO3. The van der Waals surface area contributed by atoms with Crippen LogP contribution in [0.4, 0.5) is 4.39 Å². The maximum atomic E-state index is 13.1. The Bertz CT molecular complexity index is 643. The van der Waals surface area contributed by atoms with Crippen LogP contribution in [-0.2, 0) is 13.1 Å². The predicted molar refractivity (Wildman–Crippen MR) is 80.9 cm³/mol. The average Bonchev–Trinajstić information content (AvgIpc) is 2.54. The second-order valence-corrected chi connectivity index (χ2v) is 5.06. The van der Waals surface area contributed by atoms with E-state index < -0.39 is 0 Å². The molecule has 0 amide bonds. The first kappa shape index (κ1) is 14.7. The normalized spacial score (nSPS) is 13.0. The predicted octanol–water partition coefficient (Wildman–Crippen LogP) is 2.90. The Morgan fingerprint density at radius 3 is 2.73 bits per heavy atom. The van der Waals surface area contributed by atoms with Crippen molar-refractivity contribution >= 4 is 0 Å². The Hall–Kier alpha value is -2.27. The third-order valence-corrected chi connectivity index (χ3v) is 3.44. The van der Waals surface area contributed by atoms with Crippen LogP contribution in [0.5, 0.6) is 17.2 Å². The molecule has 3 rings (SSSR count). The van der Waals surface area contributed by atoms with Crippen LogP contribution in [0.2, 0.25) is 0 Å². The molecule has 5 heteroatoms. The minimum Gasteiger partial charge on any atom is -0.493 e. The van der Waals surface area contributed by atoms with E-state index in [0.29, 0.717) is 43.6 Å². The molecule has 0 unspecified atom stereocenters. The van der Waals surface area contributed by atoms with E-state index in [1.165, 1.54) is 12.1 Å². The number of fused-ring (bicyclic) bond motifs is 1. The third-order valence-electron chi connectivity index (χ3n) is 3.44. The van der Waals surface area contributed by atoms with Crippen LogP contribution in [0.1, 0.15) is 11.1 Å². The maximum Gasteiger partial charge on any atom is 0.203 e. The molecular weight excluding hydrogens is 285 g/mol. The maximum absolute atomic E-state index is 13.1. The van der Waals surface area contributed by atoms with Gasteiger partial charge in [-0.2, -0.15) is 0 Å². The largest absolute Gasteiger partial charge is 0.493 e. The fourth-order valence-electron chi connectivity index (χ4n) is 2.43. The van der Waals surface area contributed by atoms with Crippen LogP contribution in [-0.4, -0.2) is 20.3 Å². The van der Waals surface area contributed by atoms with Crippen molar-refractivity contribution in [3.8, 4) is 17.2 Å². The lowest BCUT2D eigenvalue weighted by Gasteiger charge is -2.21. The van der Waals surface area contributed by atoms with Crippen molar-refractivity contribution in [1.29, 1.82) is 0 Å². The minimum atomic E-state index is -0.222. The second kappa shape index (κ2) is 6.66. The second-order valence-electron chi connectivity index (χ2n) is 5.06. The van der Waals surface area contributed by atoms with Gasteiger partial charge in [0, 0.05) is 13.1 Å². The molecule has 2 aromatic carbocycles. The fraction of sp³-hybridized carbons (Fsp3) is 0.294. The summed E-state index contributed by atoms with van der Waals surface area (Å²) in [4.78, 5) is 0. The summed E-state index contributed by atoms with van der Waals surface area (Å²) >= 11 is 0. The summed E-state index contributed by atoms with van der Waals surface area (Å²) in [6, 6.07) is 10.4. The van der Waals surface area contributed by atoms with Crippen LogP contribution in [0.3, 0.4) is 0 Å². The van der Waals surface area contributed by atoms with Gasteiger partial charge in [-0.25, -0.2) is 4.39 Å². The van der Waals surface area contributed by atoms with E-state index in [1.807, 2.05) is 18.2 Å². The van der Waals surface area contributed by atoms with E-state index in [2.05, 4.69) is 5.32 Å². The first-order valence-electron chi connectivity index (χ1n) is 7.18. The Morgan fingerprint density at radius 1 is 1.09 bits per heavy atom. The van der Waals surface area contributed by atoms with E-state index in [4.69, 9.17) is 14.2 Å². The van der Waals surface area contributed by atoms with Crippen LogP contribution >= 0.6 is 0 Å². The van der Waals surface area contributed by atoms with E-state index >= 15 is 0 Å². The standard InChI is InChI=1S/C17H18FNO3/c1-20-15-8-13(9-16-17(15)22-6-5-21-16)11-19-10-12-3-2-4-14(18)7-12/h2-4,7-9,19H,5-6,10-11H2,1H3. The van der Waals surface area contributed by atoms with Crippen LogP contribution in [0.15, 0.2) is 36.4 Å². The Balaban J connectivity index is 1.67. The Morgan fingerprint density at radius 2 is 1.91 bits per heavy atom. The van der Waals surface area contributed by atoms with E-state index in [9.17, 15) is 4.39 Å². The summed E-state index contributed by atoms with van der Waals surface area (Å²) in [6.07, 6.45) is 0. The molecule has 116 valence electrons. The molecule has 1 aliphatic heterocycles. The third kappa shape index (κ3) is 3.31. The number of hydrogen-bond acceptors (Lipinski definition) is 4. The first-order valence-corrected chi connectivity index (χ1v) is 7.18. The van der Waals surface area contributed by atoms with Crippen molar-refractivity contribution in [2.24, 2.45) is 0 Å². The molecule has 1 heterocycles. The van der Waals surface area contributed by atoms with Gasteiger partial charge in [-0.15, -0.1) is 0 Å². The van der Waals surface area contributed by atoms with Crippen molar-refractivity contribution in [3.05, 3.63) is 53.3 Å². The van der Waals surface area contributed by atoms with Gasteiger partial charge in [-0.1, -0.05) is 12.1 Å². The van der Waals surface area contributed by atoms with Gasteiger partial charge >= 0.3 is 0 Å². The average molecular weight is 303 g/mol. The van der Waals surface area contributed by atoms with E-state index in [0.717, 1.165) is 11.1 Å². The lowest BCUT2D eigenvalue weighted by molar-refractivity contribution is 0.165. The van der Waals surface area contributed by atoms with Gasteiger partial charge in [-0.05, 0) is 35.4 Å². The zero-order chi connectivity index (χ0) is 15.4. The van der Waals surface area contributed by atoms with Gasteiger partial charge in [0.05, 0.1) is 7.11 Å². The van der Waals surface area contributed by atoms with Crippen molar-refractivity contribution in [3.63, 3.8) is 0 Å². The zero-order valence-electron chi connectivity index (χ0n) is 12.4. The van der Waals surface area contributed by atoms with Crippen molar-refractivity contribution in [1.82, 2.24) is 5.32 Å². The van der Waals surface area contributed by atoms with E-state index in [-0.39, 0.29) is 5.82 Å². The molecule has 1 N–H and O–H groups in total. The lowest BCUT2D eigenvalue weighted by Crippen LogP contribution is -2.17. The van der Waals surface area contributed by atoms with Gasteiger partial charge in [0.1, 0.15) is 19.0 Å². The van der Waals surface area contributed by atoms with Crippen molar-refractivity contribution in [2.45, 2.75) is 13.1 Å². The monoisotopic (exact) mass is 303 g/mol. The number of methoxy groups -OCH3 is 1. The zero-order valence-corrected chi connectivity index (χ0v) is 12.4. The van der Waals surface area contributed by atoms with Crippen LogP contribution in [0.25, 0.3) is 0 Å². The molecule has 1 aliphatic rings. The summed E-state index contributed by atoms with van der Waals surface area (Å²) in [7, 11) is 1.61. The molecule has 2 aromatic rings. The highest BCUT2D eigenvalue weighted by molar-refractivity contribution is 5.54. The lowest BCUT2D eigenvalue weighted by atomic mass is 10.1. The van der Waals surface area contributed by atoms with Crippen molar-refractivity contribution in [2.75, 3.05) is 20.3 Å². The molecule has 0 saturated carbocycles. The molecule has 0 fully saturated rings. The Labute approximate surface area is 128 Å². The summed E-state index contributed by atoms with van der Waals surface area (Å²) in [6.45, 7) is 2.29. The number of rotatable bonds is 5. The number of benzene rings is 2. The first-order chi connectivity index (χ1) is 10.8. The molecule has 0 bridgehead atoms. The summed E-state index contributed by atoms with van der Waals surface area (Å²) in [5.74, 6) is 1.80. The molecule has 0 saturated heterocycles. The smallest absolute Gasteiger partial charge is 0.203 e. The van der Waals surface area contributed by atoms with Gasteiger partial charge < -0.3 is 19.5 Å². The molecule has 0 aliphatic carbocycles.